The Morgan fingerprint density at radius 3 is 2.46 bits per heavy atom. The maximum absolute atomic E-state index is 12.0. The first-order valence-corrected chi connectivity index (χ1v) is 7.75. The molecule has 0 saturated carbocycles. The first-order valence-electron chi connectivity index (χ1n) is 7.75. The van der Waals surface area contributed by atoms with Crippen molar-refractivity contribution < 1.29 is 19.2 Å². The molecule has 3 rings (SSSR count). The molecular formula is C20H14N2O4. The van der Waals surface area contributed by atoms with Gasteiger partial charge in [-0.15, -0.1) is 0 Å². The SMILES string of the molecule is O=C(Cc1ccon1)Nc1cccc(C#Cc2cccc(C(=O)O)c2)c1. The molecule has 0 unspecified atom stereocenters. The van der Waals surface area contributed by atoms with Crippen molar-refractivity contribution in [2.45, 2.75) is 6.42 Å². The van der Waals surface area contributed by atoms with E-state index in [1.54, 1.807) is 42.5 Å². The van der Waals surface area contributed by atoms with Gasteiger partial charge in [0.05, 0.1) is 17.7 Å². The Bertz CT molecular complexity index is 998. The van der Waals surface area contributed by atoms with Crippen LogP contribution in [0.3, 0.4) is 0 Å². The number of amides is 1. The van der Waals surface area contributed by atoms with E-state index < -0.39 is 5.97 Å². The average Bonchev–Trinajstić information content (AvgIpc) is 3.13. The molecule has 0 aliphatic heterocycles. The number of carboxylic acid groups (broad SMARTS) is 1. The molecule has 6 nitrogen and oxygen atoms in total. The summed E-state index contributed by atoms with van der Waals surface area (Å²) in [6.45, 7) is 0. The number of anilines is 1. The molecule has 1 aromatic heterocycles. The molecule has 128 valence electrons. The molecule has 26 heavy (non-hydrogen) atoms. The molecule has 0 atom stereocenters. The van der Waals surface area contributed by atoms with Gasteiger partial charge in [-0.2, -0.15) is 0 Å². The third-order valence-electron chi connectivity index (χ3n) is 3.44. The summed E-state index contributed by atoms with van der Waals surface area (Å²) in [5.74, 6) is 4.68. The highest BCUT2D eigenvalue weighted by Gasteiger charge is 2.06. The highest BCUT2D eigenvalue weighted by Crippen LogP contribution is 2.11. The standard InChI is InChI=1S/C20H14N2O4/c23-19(13-18-9-10-26-22-18)21-17-6-2-4-15(12-17)8-7-14-3-1-5-16(11-14)20(24)25/h1-6,9-12H,13H2,(H,21,23)(H,24,25). The quantitative estimate of drug-likeness (QED) is 0.709. The second kappa shape index (κ2) is 7.81. The molecular weight excluding hydrogens is 332 g/mol. The Hall–Kier alpha value is -3.85. The summed E-state index contributed by atoms with van der Waals surface area (Å²) in [5.41, 5.74) is 2.65. The van der Waals surface area contributed by atoms with E-state index in [2.05, 4.69) is 22.3 Å². The van der Waals surface area contributed by atoms with E-state index in [4.69, 9.17) is 9.63 Å². The maximum atomic E-state index is 12.0. The zero-order valence-electron chi connectivity index (χ0n) is 13.6. The minimum Gasteiger partial charge on any atom is -0.478 e. The van der Waals surface area contributed by atoms with Crippen LogP contribution in [0.2, 0.25) is 0 Å². The first-order chi connectivity index (χ1) is 12.6. The molecule has 0 fully saturated rings. The van der Waals surface area contributed by atoms with Crippen molar-refractivity contribution in [3.8, 4) is 11.8 Å². The minimum atomic E-state index is -0.995. The van der Waals surface area contributed by atoms with Crippen LogP contribution in [0.5, 0.6) is 0 Å². The molecule has 2 N–H and O–H groups in total. The Morgan fingerprint density at radius 2 is 1.77 bits per heavy atom. The Labute approximate surface area is 149 Å². The van der Waals surface area contributed by atoms with E-state index in [0.29, 0.717) is 22.5 Å². The molecule has 1 amide bonds. The topological polar surface area (TPSA) is 92.4 Å². The van der Waals surface area contributed by atoms with Crippen LogP contribution in [-0.2, 0) is 11.2 Å². The van der Waals surface area contributed by atoms with Crippen LogP contribution in [0.25, 0.3) is 0 Å². The van der Waals surface area contributed by atoms with Crippen molar-refractivity contribution in [1.82, 2.24) is 5.16 Å². The first kappa shape index (κ1) is 17.0. The second-order valence-corrected chi connectivity index (χ2v) is 5.43. The van der Waals surface area contributed by atoms with Gasteiger partial charge in [-0.3, -0.25) is 4.79 Å². The number of rotatable bonds is 4. The molecule has 0 spiro atoms. The van der Waals surface area contributed by atoms with Crippen molar-refractivity contribution >= 4 is 17.6 Å². The Morgan fingerprint density at radius 1 is 1.04 bits per heavy atom. The number of hydrogen-bond acceptors (Lipinski definition) is 4. The van der Waals surface area contributed by atoms with Gasteiger partial charge < -0.3 is 14.9 Å². The number of nitrogens with one attached hydrogen (secondary N) is 1. The van der Waals surface area contributed by atoms with E-state index in [1.165, 1.54) is 18.4 Å². The van der Waals surface area contributed by atoms with E-state index >= 15 is 0 Å². The predicted octanol–water partition coefficient (Wildman–Crippen LogP) is 2.95. The molecule has 6 heteroatoms. The van der Waals surface area contributed by atoms with Gasteiger partial charge in [0.1, 0.15) is 6.26 Å². The summed E-state index contributed by atoms with van der Waals surface area (Å²) in [4.78, 5) is 23.0. The molecule has 0 aliphatic rings. The summed E-state index contributed by atoms with van der Waals surface area (Å²) >= 11 is 0. The van der Waals surface area contributed by atoms with Crippen molar-refractivity contribution in [1.29, 1.82) is 0 Å². The number of benzene rings is 2. The highest BCUT2D eigenvalue weighted by atomic mass is 16.5. The zero-order valence-corrected chi connectivity index (χ0v) is 13.6. The van der Waals surface area contributed by atoms with Crippen LogP contribution in [0, 0.1) is 11.8 Å². The number of carbonyl (C=O) groups is 2. The van der Waals surface area contributed by atoms with Gasteiger partial charge >= 0.3 is 5.97 Å². The largest absolute Gasteiger partial charge is 0.478 e. The van der Waals surface area contributed by atoms with Crippen molar-refractivity contribution in [2.75, 3.05) is 5.32 Å². The van der Waals surface area contributed by atoms with Crippen LogP contribution in [0.15, 0.2) is 65.4 Å². The number of carbonyl (C=O) groups excluding carboxylic acids is 1. The molecule has 1 heterocycles. The van der Waals surface area contributed by atoms with E-state index in [-0.39, 0.29) is 17.9 Å². The smallest absolute Gasteiger partial charge is 0.335 e. The van der Waals surface area contributed by atoms with Crippen LogP contribution < -0.4 is 5.32 Å². The highest BCUT2D eigenvalue weighted by molar-refractivity contribution is 5.92. The second-order valence-electron chi connectivity index (χ2n) is 5.43. The van der Waals surface area contributed by atoms with Gasteiger partial charge in [0.2, 0.25) is 5.91 Å². The van der Waals surface area contributed by atoms with Crippen LogP contribution in [-0.4, -0.2) is 22.1 Å². The third kappa shape index (κ3) is 4.58. The van der Waals surface area contributed by atoms with E-state index in [1.807, 2.05) is 0 Å². The van der Waals surface area contributed by atoms with Crippen LogP contribution >= 0.6 is 0 Å². The fourth-order valence-corrected chi connectivity index (χ4v) is 2.25. The molecule has 3 aromatic rings. The lowest BCUT2D eigenvalue weighted by molar-refractivity contribution is -0.115. The van der Waals surface area contributed by atoms with Gasteiger partial charge in [0.15, 0.2) is 0 Å². The summed E-state index contributed by atoms with van der Waals surface area (Å²) in [7, 11) is 0. The molecule has 0 saturated heterocycles. The van der Waals surface area contributed by atoms with Gasteiger partial charge in [-0.05, 0) is 36.4 Å². The van der Waals surface area contributed by atoms with E-state index in [9.17, 15) is 9.59 Å². The maximum Gasteiger partial charge on any atom is 0.335 e. The Balaban J connectivity index is 1.71. The average molecular weight is 346 g/mol. The number of hydrogen-bond donors (Lipinski definition) is 2. The Kier molecular flexibility index (Phi) is 5.11. The molecule has 2 aromatic carbocycles. The molecule has 0 bridgehead atoms. The third-order valence-corrected chi connectivity index (χ3v) is 3.44. The zero-order chi connectivity index (χ0) is 18.4. The van der Waals surface area contributed by atoms with Crippen LogP contribution in [0.4, 0.5) is 5.69 Å². The van der Waals surface area contributed by atoms with Crippen molar-refractivity contribution in [3.63, 3.8) is 0 Å². The molecule has 0 radical (unpaired) electrons. The number of aromatic nitrogens is 1. The summed E-state index contributed by atoms with van der Waals surface area (Å²) in [5, 5.41) is 15.5. The normalized spacial score (nSPS) is 9.85. The van der Waals surface area contributed by atoms with Crippen molar-refractivity contribution in [2.24, 2.45) is 0 Å². The lowest BCUT2D eigenvalue weighted by Crippen LogP contribution is -2.14. The van der Waals surface area contributed by atoms with Crippen molar-refractivity contribution in [3.05, 3.63) is 83.2 Å². The van der Waals surface area contributed by atoms with Gasteiger partial charge in [0, 0.05) is 22.9 Å². The summed E-state index contributed by atoms with van der Waals surface area (Å²) in [6, 6.07) is 15.1. The number of aromatic carboxylic acids is 1. The lowest BCUT2D eigenvalue weighted by Gasteiger charge is -2.04. The monoisotopic (exact) mass is 346 g/mol. The minimum absolute atomic E-state index is 0.119. The van der Waals surface area contributed by atoms with Crippen LogP contribution in [0.1, 0.15) is 27.2 Å². The number of nitrogens with zero attached hydrogens (tertiary/aromatic N) is 1. The van der Waals surface area contributed by atoms with Gasteiger partial charge in [-0.1, -0.05) is 29.1 Å². The fraction of sp³-hybridized carbons (Fsp3) is 0.0500. The number of carboxylic acids is 1. The fourth-order valence-electron chi connectivity index (χ4n) is 2.25. The summed E-state index contributed by atoms with van der Waals surface area (Å²) < 4.78 is 4.70. The van der Waals surface area contributed by atoms with Gasteiger partial charge in [0.25, 0.3) is 0 Å². The van der Waals surface area contributed by atoms with E-state index in [0.717, 1.165) is 0 Å². The summed E-state index contributed by atoms with van der Waals surface area (Å²) in [6.07, 6.45) is 1.53. The predicted molar refractivity (Wildman–Crippen MR) is 94.7 cm³/mol. The lowest BCUT2D eigenvalue weighted by atomic mass is 10.1. The van der Waals surface area contributed by atoms with Gasteiger partial charge in [-0.25, -0.2) is 4.79 Å². The molecule has 0 aliphatic carbocycles.